The number of aromatic amines is 6. The number of H-pyrrole nitrogens is 6. The van der Waals surface area contributed by atoms with Gasteiger partial charge in [0.25, 0.3) is 0 Å². The number of quaternary nitrogens is 2. The largest absolute Gasteiger partial charge is 1.00 e. The zero-order valence-electron chi connectivity index (χ0n) is 55.4. The highest BCUT2D eigenvalue weighted by Gasteiger charge is 2.31. The quantitative estimate of drug-likeness (QED) is 0.0398. The average molecular weight is 1240 g/mol. The lowest BCUT2D eigenvalue weighted by Gasteiger charge is -2.34. The van der Waals surface area contributed by atoms with Crippen LogP contribution < -0.4 is 42.0 Å². The number of rotatable bonds is 14. The van der Waals surface area contributed by atoms with Gasteiger partial charge < -0.3 is 63.6 Å². The van der Waals surface area contributed by atoms with Crippen molar-refractivity contribution in [2.45, 2.75) is 96.9 Å². The second kappa shape index (κ2) is 34.2. The van der Waals surface area contributed by atoms with Crippen LogP contribution in [0.3, 0.4) is 0 Å². The van der Waals surface area contributed by atoms with Crippen LogP contribution in [0.5, 0.6) is 0 Å². The van der Waals surface area contributed by atoms with Crippen molar-refractivity contribution in [3.05, 3.63) is 179 Å². The molecule has 474 valence electrons. The number of benzene rings is 6. The molecule has 12 rings (SSSR count). The number of aliphatic hydroxyl groups is 3. The van der Waals surface area contributed by atoms with Crippen molar-refractivity contribution in [1.29, 1.82) is 0 Å². The summed E-state index contributed by atoms with van der Waals surface area (Å²) in [6.45, 7) is 41.9. The summed E-state index contributed by atoms with van der Waals surface area (Å²) in [6, 6.07) is 51.7. The molecule has 11 nitrogen and oxygen atoms in total. The Morgan fingerprint density at radius 1 is 0.250 bits per heavy atom. The molecule has 0 aliphatic carbocycles. The van der Waals surface area contributed by atoms with E-state index < -0.39 is 15.8 Å². The van der Waals surface area contributed by atoms with Gasteiger partial charge in [0.15, 0.2) is 0 Å². The highest BCUT2D eigenvalue weighted by atomic mass is 31.1. The van der Waals surface area contributed by atoms with Gasteiger partial charge in [-0.05, 0) is 167 Å². The Labute approximate surface area is 524 Å². The SMILES string of the molecule is CC[N+](CC)(CC)CC.CC[N+](CC)(CC)CC.CO.CO.CO.Cc1c(P(c2[nH]c3ccccc3c2C)c2[nH]c3ccccc3c2C)[nH]c2ccccc12.Cc1c(P(c2[nH]c3ccccc3c2C)c2[nH]c3ccccc3c2C)[nH]c2ccccc12.[F-].[F-]. The molecule has 0 bridgehead atoms. The Bertz CT molecular complexity index is 3370. The van der Waals surface area contributed by atoms with E-state index in [-0.39, 0.29) is 9.41 Å². The average Bonchev–Trinajstić information content (AvgIpc) is 2.39. The van der Waals surface area contributed by atoms with Gasteiger partial charge in [-0.3, -0.25) is 0 Å². The lowest BCUT2D eigenvalue weighted by atomic mass is 10.2. The van der Waals surface area contributed by atoms with Crippen molar-refractivity contribution in [1.82, 2.24) is 29.9 Å². The van der Waals surface area contributed by atoms with Crippen LogP contribution in [-0.4, -0.2) is 128 Å². The van der Waals surface area contributed by atoms with Gasteiger partial charge in [-0.1, -0.05) is 109 Å². The van der Waals surface area contributed by atoms with E-state index in [2.05, 4.69) is 272 Å². The van der Waals surface area contributed by atoms with Gasteiger partial charge in [-0.25, -0.2) is 0 Å². The smallest absolute Gasteiger partial charge is 0.0757 e. The summed E-state index contributed by atoms with van der Waals surface area (Å²) in [5.74, 6) is 0. The van der Waals surface area contributed by atoms with E-state index in [0.29, 0.717) is 0 Å². The number of fused-ring (bicyclic) bond motifs is 6. The molecule has 0 atom stereocenters. The topological polar surface area (TPSA) is 155 Å². The second-order valence-electron chi connectivity index (χ2n) is 21.7. The van der Waals surface area contributed by atoms with Crippen LogP contribution in [0.2, 0.25) is 0 Å². The van der Waals surface area contributed by atoms with Gasteiger partial charge >= 0.3 is 0 Å². The molecule has 6 heterocycles. The lowest BCUT2D eigenvalue weighted by Crippen LogP contribution is -3.00. The highest BCUT2D eigenvalue weighted by molar-refractivity contribution is 7.80. The molecule has 0 saturated heterocycles. The Morgan fingerprint density at radius 2 is 0.375 bits per heavy atom. The molecule has 0 spiro atoms. The summed E-state index contributed by atoms with van der Waals surface area (Å²) in [7, 11) is 1.37. The summed E-state index contributed by atoms with van der Waals surface area (Å²) in [6.07, 6.45) is 0. The van der Waals surface area contributed by atoms with E-state index in [1.165, 1.54) is 193 Å². The third kappa shape index (κ3) is 15.0. The fourth-order valence-electron chi connectivity index (χ4n) is 12.3. The molecule has 0 unspecified atom stereocenters. The number of hydrogen-bond acceptors (Lipinski definition) is 3. The lowest BCUT2D eigenvalue weighted by molar-refractivity contribution is -0.921. The van der Waals surface area contributed by atoms with Gasteiger partial charge in [0, 0.05) is 103 Å². The number of halogens is 2. The fourth-order valence-corrected chi connectivity index (χ4v) is 17.8. The van der Waals surface area contributed by atoms with Gasteiger partial charge in [0.05, 0.1) is 85.0 Å². The predicted molar refractivity (Wildman–Crippen MR) is 379 cm³/mol. The van der Waals surface area contributed by atoms with Crippen molar-refractivity contribution in [3.63, 3.8) is 0 Å². The number of hydrogen-bond donors (Lipinski definition) is 9. The molecule has 12 aromatic rings. The van der Waals surface area contributed by atoms with Crippen LogP contribution >= 0.6 is 15.8 Å². The van der Waals surface area contributed by atoms with Crippen LogP contribution in [0, 0.1) is 41.5 Å². The zero-order chi connectivity index (χ0) is 62.9. The molecule has 0 fully saturated rings. The summed E-state index contributed by atoms with van der Waals surface area (Å²) in [5.41, 5.74) is 23.0. The minimum Gasteiger partial charge on any atom is -1.00 e. The first-order valence-corrected chi connectivity index (χ1v) is 33.5. The molecule has 6 aromatic carbocycles. The maximum Gasteiger partial charge on any atom is 0.0757 e. The molecule has 0 radical (unpaired) electrons. The first-order chi connectivity index (χ1) is 41.7. The Balaban J connectivity index is 0.000000273. The van der Waals surface area contributed by atoms with E-state index in [0.717, 1.165) is 21.3 Å². The first kappa shape index (κ1) is 73.5. The molecule has 0 aliphatic rings. The molecule has 15 heteroatoms. The molecular formula is C73H100F2N8O3P2. The van der Waals surface area contributed by atoms with Gasteiger partial charge in [-0.15, -0.1) is 0 Å². The van der Waals surface area contributed by atoms with Crippen LogP contribution in [0.4, 0.5) is 0 Å². The van der Waals surface area contributed by atoms with Crippen LogP contribution in [-0.2, 0) is 0 Å². The van der Waals surface area contributed by atoms with Gasteiger partial charge in [0.2, 0.25) is 0 Å². The minimum absolute atomic E-state index is 0. The number of aliphatic hydroxyl groups excluding tert-OH is 3. The van der Waals surface area contributed by atoms with Crippen molar-refractivity contribution in [2.75, 3.05) is 73.7 Å². The fraction of sp³-hybridized carbons (Fsp3) is 0.342. The maximum absolute atomic E-state index is 7.00. The summed E-state index contributed by atoms with van der Waals surface area (Å²) < 4.78 is 2.56. The van der Waals surface area contributed by atoms with Crippen LogP contribution in [0.1, 0.15) is 88.8 Å². The van der Waals surface area contributed by atoms with E-state index in [4.69, 9.17) is 15.3 Å². The Morgan fingerprint density at radius 3 is 0.477 bits per heavy atom. The normalized spacial score (nSPS) is 11.1. The van der Waals surface area contributed by atoms with E-state index in [1.807, 2.05) is 0 Å². The van der Waals surface area contributed by atoms with Crippen LogP contribution in [0.15, 0.2) is 146 Å². The molecule has 0 amide bonds. The third-order valence-corrected chi connectivity index (χ3v) is 23.7. The van der Waals surface area contributed by atoms with Crippen molar-refractivity contribution < 1.29 is 33.7 Å². The number of aryl methyl sites for hydroxylation is 6. The number of nitrogens with one attached hydrogen (secondary N) is 6. The third-order valence-electron chi connectivity index (χ3n) is 18.3. The summed E-state index contributed by atoms with van der Waals surface area (Å²) >= 11 is 0. The molecule has 6 aromatic heterocycles. The first-order valence-electron chi connectivity index (χ1n) is 30.8. The number of aromatic nitrogens is 6. The number of nitrogens with zero attached hydrogens (tertiary/aromatic N) is 2. The Kier molecular flexibility index (Phi) is 28.6. The maximum atomic E-state index is 7.00. The standard InChI is InChI=1S/2C27H24N3P.2C8H20N.3CH4O.2FH/c2*1-16-19-10-4-7-13-22(19)28-25(16)31(26-17(2)20-11-5-8-14-23(20)29-26)27-18(3)21-12-6-9-15-24(21)30-27;2*1-5-9(6-2,7-3)8-4;3*1-2;;/h2*4-15,28-30H,1-3H3;2*5-8H2,1-4H3;3*2H,1H3;2*1H/q;;2*+1;;;;;/p-2. The van der Waals surface area contributed by atoms with E-state index in [9.17, 15) is 0 Å². The Hall–Kier alpha value is -6.92. The van der Waals surface area contributed by atoms with Crippen molar-refractivity contribution in [3.8, 4) is 0 Å². The summed E-state index contributed by atoms with van der Waals surface area (Å²) in [5, 5.41) is 28.8. The molecular weight excluding hydrogens is 1140 g/mol. The monoisotopic (exact) mass is 1240 g/mol. The van der Waals surface area contributed by atoms with E-state index >= 15 is 0 Å². The molecule has 0 aliphatic heterocycles. The van der Waals surface area contributed by atoms with E-state index in [1.54, 1.807) is 0 Å². The van der Waals surface area contributed by atoms with Gasteiger partial charge in [0.1, 0.15) is 0 Å². The van der Waals surface area contributed by atoms with Crippen molar-refractivity contribution in [2.24, 2.45) is 0 Å². The molecule has 88 heavy (non-hydrogen) atoms. The highest BCUT2D eigenvalue weighted by Crippen LogP contribution is 2.42. The minimum atomic E-state index is -0.816. The predicted octanol–water partition coefficient (Wildman–Crippen LogP) is 8.23. The molecule has 9 N–H and O–H groups in total. The summed E-state index contributed by atoms with van der Waals surface area (Å²) in [4.78, 5) is 22.8. The number of para-hydroxylation sites is 6. The van der Waals surface area contributed by atoms with Crippen molar-refractivity contribution >= 4 is 114 Å². The second-order valence-corrected chi connectivity index (χ2v) is 25.8. The van der Waals surface area contributed by atoms with Crippen LogP contribution in [0.25, 0.3) is 65.4 Å². The van der Waals surface area contributed by atoms with Gasteiger partial charge in [-0.2, -0.15) is 0 Å². The zero-order valence-corrected chi connectivity index (χ0v) is 57.2. The molecule has 0 saturated carbocycles.